The molecule has 0 radical (unpaired) electrons. The number of thioether (sulfide) groups is 1. The van der Waals surface area contributed by atoms with Crippen molar-refractivity contribution in [3.05, 3.63) is 0 Å². The maximum absolute atomic E-state index is 11.2. The molecule has 0 aromatic rings. The summed E-state index contributed by atoms with van der Waals surface area (Å²) in [5.41, 5.74) is 0. The van der Waals surface area contributed by atoms with Gasteiger partial charge in [-0.3, -0.25) is 4.79 Å². The minimum Gasteiger partial charge on any atom is -0.469 e. The monoisotopic (exact) mass is 233 g/mol. The van der Waals surface area contributed by atoms with Crippen LogP contribution in [-0.2, 0) is 9.53 Å². The molecule has 0 aromatic carbocycles. The second-order valence-corrected chi connectivity index (χ2v) is 4.99. The third-order valence-electron chi connectivity index (χ3n) is 2.30. The van der Waals surface area contributed by atoms with Crippen LogP contribution in [0, 0.1) is 5.92 Å². The van der Waals surface area contributed by atoms with Gasteiger partial charge in [-0.25, -0.2) is 0 Å². The van der Waals surface area contributed by atoms with E-state index in [1.54, 1.807) is 0 Å². The smallest absolute Gasteiger partial charge is 0.308 e. The highest BCUT2D eigenvalue weighted by atomic mass is 32.2. The minimum atomic E-state index is -0.124. The zero-order chi connectivity index (χ0) is 11.8. The van der Waals surface area contributed by atoms with Crippen LogP contribution >= 0.6 is 11.8 Å². The van der Waals surface area contributed by atoms with Crippen LogP contribution in [-0.4, -0.2) is 37.2 Å². The number of methoxy groups -OCH3 is 1. The van der Waals surface area contributed by atoms with E-state index in [1.165, 1.54) is 7.11 Å². The van der Waals surface area contributed by atoms with Crippen LogP contribution in [0.3, 0.4) is 0 Å². The SMILES string of the molecule is COC(=O)C(C)CC(C)NC(C)CSC. The van der Waals surface area contributed by atoms with Crippen molar-refractivity contribution in [1.82, 2.24) is 5.32 Å². The summed E-state index contributed by atoms with van der Waals surface area (Å²) in [4.78, 5) is 11.2. The van der Waals surface area contributed by atoms with Crippen molar-refractivity contribution >= 4 is 17.7 Å². The Morgan fingerprint density at radius 3 is 2.40 bits per heavy atom. The van der Waals surface area contributed by atoms with Gasteiger partial charge in [0.1, 0.15) is 0 Å². The van der Waals surface area contributed by atoms with Crippen molar-refractivity contribution in [2.75, 3.05) is 19.1 Å². The van der Waals surface area contributed by atoms with E-state index in [9.17, 15) is 4.79 Å². The number of rotatable bonds is 7. The predicted octanol–water partition coefficient (Wildman–Crippen LogP) is 1.92. The number of carbonyl (C=O) groups is 1. The van der Waals surface area contributed by atoms with Crippen molar-refractivity contribution in [3.63, 3.8) is 0 Å². The molecule has 0 aliphatic carbocycles. The van der Waals surface area contributed by atoms with Crippen LogP contribution < -0.4 is 5.32 Å². The van der Waals surface area contributed by atoms with Gasteiger partial charge in [-0.05, 0) is 26.5 Å². The Hall–Kier alpha value is -0.220. The molecule has 3 nitrogen and oxygen atoms in total. The van der Waals surface area contributed by atoms with Gasteiger partial charge in [0.2, 0.25) is 0 Å². The molecule has 0 fully saturated rings. The quantitative estimate of drug-likeness (QED) is 0.682. The molecule has 0 amide bonds. The molecule has 0 saturated carbocycles. The largest absolute Gasteiger partial charge is 0.469 e. The van der Waals surface area contributed by atoms with E-state index in [0.29, 0.717) is 12.1 Å². The minimum absolute atomic E-state index is 0.0287. The van der Waals surface area contributed by atoms with Crippen LogP contribution in [0.4, 0.5) is 0 Å². The number of hydrogen-bond acceptors (Lipinski definition) is 4. The molecular weight excluding hydrogens is 210 g/mol. The average molecular weight is 233 g/mol. The average Bonchev–Trinajstić information content (AvgIpc) is 2.16. The second kappa shape index (κ2) is 7.99. The van der Waals surface area contributed by atoms with Crippen molar-refractivity contribution < 1.29 is 9.53 Å². The van der Waals surface area contributed by atoms with E-state index in [0.717, 1.165) is 12.2 Å². The van der Waals surface area contributed by atoms with Gasteiger partial charge < -0.3 is 10.1 Å². The number of nitrogens with one attached hydrogen (secondary N) is 1. The summed E-state index contributed by atoms with van der Waals surface area (Å²) in [7, 11) is 1.44. The molecule has 0 saturated heterocycles. The fourth-order valence-corrected chi connectivity index (χ4v) is 2.28. The molecule has 0 spiro atoms. The van der Waals surface area contributed by atoms with Crippen LogP contribution in [0.25, 0.3) is 0 Å². The molecule has 0 aliphatic rings. The molecule has 15 heavy (non-hydrogen) atoms. The van der Waals surface area contributed by atoms with Crippen molar-refractivity contribution in [2.45, 2.75) is 39.3 Å². The maximum atomic E-state index is 11.2. The summed E-state index contributed by atoms with van der Waals surface area (Å²) < 4.78 is 4.69. The molecule has 90 valence electrons. The van der Waals surface area contributed by atoms with Gasteiger partial charge in [0.25, 0.3) is 0 Å². The number of ether oxygens (including phenoxy) is 1. The summed E-state index contributed by atoms with van der Waals surface area (Å²) in [6.45, 7) is 6.18. The molecule has 0 aliphatic heterocycles. The number of hydrogen-bond donors (Lipinski definition) is 1. The topological polar surface area (TPSA) is 38.3 Å². The molecule has 0 rings (SSSR count). The molecule has 0 bridgehead atoms. The third kappa shape index (κ3) is 6.79. The standard InChI is InChI=1S/C11H23NO2S/c1-8(11(13)14-4)6-9(2)12-10(3)7-15-5/h8-10,12H,6-7H2,1-5H3. The van der Waals surface area contributed by atoms with E-state index in [-0.39, 0.29) is 11.9 Å². The summed E-state index contributed by atoms with van der Waals surface area (Å²) in [5.74, 6) is 0.942. The van der Waals surface area contributed by atoms with Crippen molar-refractivity contribution in [3.8, 4) is 0 Å². The zero-order valence-corrected chi connectivity index (χ0v) is 11.2. The van der Waals surface area contributed by atoms with Gasteiger partial charge in [-0.1, -0.05) is 6.92 Å². The second-order valence-electron chi connectivity index (χ2n) is 4.08. The first-order chi connectivity index (χ1) is 7.01. The van der Waals surface area contributed by atoms with Gasteiger partial charge in [-0.2, -0.15) is 11.8 Å². The van der Waals surface area contributed by atoms with Gasteiger partial charge >= 0.3 is 5.97 Å². The third-order valence-corrected chi connectivity index (χ3v) is 3.13. The zero-order valence-electron chi connectivity index (χ0n) is 10.4. The fraction of sp³-hybridized carbons (Fsp3) is 0.909. The van der Waals surface area contributed by atoms with Crippen LogP contribution in [0.5, 0.6) is 0 Å². The first-order valence-electron chi connectivity index (χ1n) is 5.34. The lowest BCUT2D eigenvalue weighted by molar-refractivity contribution is -0.145. The Kier molecular flexibility index (Phi) is 7.88. The molecular formula is C11H23NO2S. The Morgan fingerprint density at radius 2 is 1.93 bits per heavy atom. The highest BCUT2D eigenvalue weighted by Crippen LogP contribution is 2.09. The molecule has 4 heteroatoms. The van der Waals surface area contributed by atoms with E-state index >= 15 is 0 Å². The van der Waals surface area contributed by atoms with E-state index in [2.05, 4.69) is 25.4 Å². The lowest BCUT2D eigenvalue weighted by Gasteiger charge is -2.21. The summed E-state index contributed by atoms with van der Waals surface area (Å²) in [5, 5.41) is 3.46. The number of carbonyl (C=O) groups excluding carboxylic acids is 1. The van der Waals surface area contributed by atoms with Crippen LogP contribution in [0.15, 0.2) is 0 Å². The predicted molar refractivity (Wildman–Crippen MR) is 66.2 cm³/mol. The number of esters is 1. The van der Waals surface area contributed by atoms with Crippen molar-refractivity contribution in [1.29, 1.82) is 0 Å². The Balaban J connectivity index is 3.81. The Bertz CT molecular complexity index is 187. The molecule has 3 atom stereocenters. The first kappa shape index (κ1) is 14.8. The molecule has 0 heterocycles. The van der Waals surface area contributed by atoms with Gasteiger partial charge in [0.05, 0.1) is 13.0 Å². The Morgan fingerprint density at radius 1 is 1.33 bits per heavy atom. The lowest BCUT2D eigenvalue weighted by atomic mass is 10.0. The fourth-order valence-electron chi connectivity index (χ4n) is 1.68. The van der Waals surface area contributed by atoms with Gasteiger partial charge in [0, 0.05) is 17.8 Å². The lowest BCUT2D eigenvalue weighted by Crippen LogP contribution is -2.37. The molecule has 0 aromatic heterocycles. The maximum Gasteiger partial charge on any atom is 0.308 e. The first-order valence-corrected chi connectivity index (χ1v) is 6.73. The van der Waals surface area contributed by atoms with E-state index in [1.807, 2.05) is 18.7 Å². The summed E-state index contributed by atoms with van der Waals surface area (Å²) in [6.07, 6.45) is 2.92. The summed E-state index contributed by atoms with van der Waals surface area (Å²) >= 11 is 1.83. The molecule has 3 unspecified atom stereocenters. The highest BCUT2D eigenvalue weighted by molar-refractivity contribution is 7.98. The Labute approximate surface area is 97.3 Å². The van der Waals surface area contributed by atoms with Gasteiger partial charge in [-0.15, -0.1) is 0 Å². The van der Waals surface area contributed by atoms with Crippen molar-refractivity contribution in [2.24, 2.45) is 5.92 Å². The van der Waals surface area contributed by atoms with E-state index in [4.69, 9.17) is 4.74 Å². The van der Waals surface area contributed by atoms with Crippen LogP contribution in [0.1, 0.15) is 27.2 Å². The van der Waals surface area contributed by atoms with Gasteiger partial charge in [0.15, 0.2) is 0 Å². The summed E-state index contributed by atoms with van der Waals surface area (Å²) in [6, 6.07) is 0.834. The molecule has 1 N–H and O–H groups in total. The van der Waals surface area contributed by atoms with Crippen LogP contribution in [0.2, 0.25) is 0 Å². The highest BCUT2D eigenvalue weighted by Gasteiger charge is 2.17. The normalized spacial score (nSPS) is 16.9. The van der Waals surface area contributed by atoms with E-state index < -0.39 is 0 Å².